The van der Waals surface area contributed by atoms with Crippen molar-refractivity contribution in [1.29, 1.82) is 0 Å². The van der Waals surface area contributed by atoms with Crippen LogP contribution in [-0.2, 0) is 19.1 Å². The number of benzene rings is 1. The first-order chi connectivity index (χ1) is 15.0. The molecule has 1 aliphatic rings. The van der Waals surface area contributed by atoms with E-state index in [0.717, 1.165) is 6.42 Å². The van der Waals surface area contributed by atoms with Gasteiger partial charge in [0.1, 0.15) is 5.75 Å². The van der Waals surface area contributed by atoms with Crippen molar-refractivity contribution in [3.63, 3.8) is 0 Å². The number of hydrogen-bond donors (Lipinski definition) is 2. The van der Waals surface area contributed by atoms with E-state index in [4.69, 9.17) is 9.47 Å². The monoisotopic (exact) mass is 433 g/mol. The van der Waals surface area contributed by atoms with Gasteiger partial charge in [0.25, 0.3) is 0 Å². The van der Waals surface area contributed by atoms with Crippen LogP contribution in [0, 0.1) is 5.92 Å². The van der Waals surface area contributed by atoms with Crippen molar-refractivity contribution in [3.05, 3.63) is 24.3 Å². The summed E-state index contributed by atoms with van der Waals surface area (Å²) in [4.78, 5) is 38.7. The number of hydrogen-bond acceptors (Lipinski definition) is 5. The van der Waals surface area contributed by atoms with Crippen LogP contribution >= 0.6 is 0 Å². The summed E-state index contributed by atoms with van der Waals surface area (Å²) in [5.74, 6) is 0.618. The second-order valence-electron chi connectivity index (χ2n) is 7.90. The fraction of sp³-hybridized carbons (Fsp3) is 0.609. The zero-order valence-electron chi connectivity index (χ0n) is 18.7. The molecule has 0 heterocycles. The van der Waals surface area contributed by atoms with E-state index in [2.05, 4.69) is 10.6 Å². The molecule has 1 saturated carbocycles. The highest BCUT2D eigenvalue weighted by molar-refractivity contribution is 5.95. The molecule has 31 heavy (non-hydrogen) atoms. The molecule has 3 amide bonds. The van der Waals surface area contributed by atoms with Crippen molar-refractivity contribution in [1.82, 2.24) is 10.2 Å². The Bertz CT molecular complexity index is 702. The number of carbonyl (C=O) groups excluding carboxylic acids is 3. The van der Waals surface area contributed by atoms with Crippen LogP contribution in [0.25, 0.3) is 0 Å². The van der Waals surface area contributed by atoms with Gasteiger partial charge >= 0.3 is 0 Å². The van der Waals surface area contributed by atoms with E-state index in [0.29, 0.717) is 43.3 Å². The fourth-order valence-electron chi connectivity index (χ4n) is 3.76. The van der Waals surface area contributed by atoms with Gasteiger partial charge in [0.05, 0.1) is 20.2 Å². The highest BCUT2D eigenvalue weighted by Gasteiger charge is 2.21. The molecule has 8 nitrogen and oxygen atoms in total. The Morgan fingerprint density at radius 3 is 2.42 bits per heavy atom. The van der Waals surface area contributed by atoms with E-state index in [9.17, 15) is 14.4 Å². The first-order valence-electron chi connectivity index (χ1n) is 11.0. The van der Waals surface area contributed by atoms with Crippen LogP contribution in [-0.4, -0.2) is 63.1 Å². The third-order valence-corrected chi connectivity index (χ3v) is 5.52. The number of anilines is 1. The zero-order chi connectivity index (χ0) is 22.5. The Balaban J connectivity index is 1.77. The van der Waals surface area contributed by atoms with Crippen LogP contribution in [0.2, 0.25) is 0 Å². The van der Waals surface area contributed by atoms with Crippen LogP contribution in [0.5, 0.6) is 5.75 Å². The van der Waals surface area contributed by atoms with Crippen molar-refractivity contribution in [2.24, 2.45) is 5.92 Å². The minimum Gasteiger partial charge on any atom is -0.497 e. The van der Waals surface area contributed by atoms with Crippen LogP contribution in [0.1, 0.15) is 44.9 Å². The molecule has 0 spiro atoms. The van der Waals surface area contributed by atoms with E-state index in [1.165, 1.54) is 25.7 Å². The number of carbonyl (C=O) groups is 3. The number of nitrogens with one attached hydrogen (secondary N) is 2. The van der Waals surface area contributed by atoms with Crippen molar-refractivity contribution >= 4 is 23.4 Å². The summed E-state index contributed by atoms with van der Waals surface area (Å²) in [5, 5.41) is 5.31. The molecule has 0 atom stereocenters. The molecule has 172 valence electrons. The van der Waals surface area contributed by atoms with E-state index >= 15 is 0 Å². The van der Waals surface area contributed by atoms with Gasteiger partial charge in [-0.3, -0.25) is 14.4 Å². The smallest absolute Gasteiger partial charge is 0.243 e. The second kappa shape index (κ2) is 13.6. The van der Waals surface area contributed by atoms with Crippen LogP contribution in [0.4, 0.5) is 5.69 Å². The molecule has 1 fully saturated rings. The molecule has 0 saturated heterocycles. The van der Waals surface area contributed by atoms with Crippen molar-refractivity contribution in [2.75, 3.05) is 45.8 Å². The average molecular weight is 434 g/mol. The largest absolute Gasteiger partial charge is 0.497 e. The lowest BCUT2D eigenvalue weighted by Crippen LogP contribution is -2.43. The lowest BCUT2D eigenvalue weighted by atomic mass is 10.0. The summed E-state index contributed by atoms with van der Waals surface area (Å²) in [6, 6.07) is 6.92. The zero-order valence-corrected chi connectivity index (χ0v) is 18.7. The van der Waals surface area contributed by atoms with Crippen LogP contribution < -0.4 is 15.4 Å². The molecule has 0 bridgehead atoms. The summed E-state index contributed by atoms with van der Waals surface area (Å²) in [6.45, 7) is 0.775. The van der Waals surface area contributed by atoms with Gasteiger partial charge in [0.2, 0.25) is 17.7 Å². The number of methoxy groups -OCH3 is 2. The van der Waals surface area contributed by atoms with E-state index in [1.807, 2.05) is 0 Å². The van der Waals surface area contributed by atoms with E-state index in [1.54, 1.807) is 43.4 Å². The average Bonchev–Trinajstić information content (AvgIpc) is 3.30. The van der Waals surface area contributed by atoms with Crippen LogP contribution in [0.3, 0.4) is 0 Å². The molecule has 0 aliphatic heterocycles. The quantitative estimate of drug-likeness (QED) is 0.466. The van der Waals surface area contributed by atoms with Crippen molar-refractivity contribution in [3.8, 4) is 5.75 Å². The predicted molar refractivity (Wildman–Crippen MR) is 119 cm³/mol. The molecule has 2 N–H and O–H groups in total. The lowest BCUT2D eigenvalue weighted by Gasteiger charge is -2.23. The Morgan fingerprint density at radius 1 is 1.06 bits per heavy atom. The number of amides is 3. The van der Waals surface area contributed by atoms with E-state index in [-0.39, 0.29) is 30.8 Å². The lowest BCUT2D eigenvalue weighted by molar-refractivity contribution is -0.136. The Kier molecular flexibility index (Phi) is 10.9. The predicted octanol–water partition coefficient (Wildman–Crippen LogP) is 2.59. The fourth-order valence-corrected chi connectivity index (χ4v) is 3.76. The van der Waals surface area contributed by atoms with Gasteiger partial charge in [-0.15, -0.1) is 0 Å². The number of ether oxygens (including phenoxy) is 2. The molecule has 0 radical (unpaired) electrons. The first-order valence-corrected chi connectivity index (χ1v) is 11.0. The standard InChI is InChI=1S/C23H35N3O5/c1-30-15-5-14-26(23(29)13-8-18-6-3-4-7-18)17-22(28)24-16-21(27)25-19-9-11-20(31-2)12-10-19/h9-12,18H,3-8,13-17H2,1-2H3,(H,24,28)(H,25,27). The Morgan fingerprint density at radius 2 is 1.77 bits per heavy atom. The molecule has 1 aromatic rings. The van der Waals surface area contributed by atoms with Crippen molar-refractivity contribution < 1.29 is 23.9 Å². The number of rotatable bonds is 13. The third kappa shape index (κ3) is 9.38. The summed E-state index contributed by atoms with van der Waals surface area (Å²) in [7, 11) is 3.18. The molecular weight excluding hydrogens is 398 g/mol. The summed E-state index contributed by atoms with van der Waals surface area (Å²) in [5.41, 5.74) is 0.614. The topological polar surface area (TPSA) is 97.0 Å². The Labute approximate surface area is 184 Å². The van der Waals surface area contributed by atoms with Crippen LogP contribution in [0.15, 0.2) is 24.3 Å². The number of nitrogens with zero attached hydrogens (tertiary/aromatic N) is 1. The summed E-state index contributed by atoms with van der Waals surface area (Å²) in [6.07, 6.45) is 6.89. The normalized spacial score (nSPS) is 13.6. The van der Waals surface area contributed by atoms with Gasteiger partial charge in [0, 0.05) is 32.4 Å². The maximum atomic E-state index is 12.7. The molecule has 1 aliphatic carbocycles. The van der Waals surface area contributed by atoms with Gasteiger partial charge in [-0.2, -0.15) is 0 Å². The highest BCUT2D eigenvalue weighted by Crippen LogP contribution is 2.28. The van der Waals surface area contributed by atoms with Gasteiger partial charge in [-0.25, -0.2) is 0 Å². The van der Waals surface area contributed by atoms with Gasteiger partial charge in [-0.05, 0) is 43.0 Å². The van der Waals surface area contributed by atoms with Gasteiger partial charge in [-0.1, -0.05) is 25.7 Å². The van der Waals surface area contributed by atoms with E-state index < -0.39 is 0 Å². The summed E-state index contributed by atoms with van der Waals surface area (Å²) >= 11 is 0. The first kappa shape index (κ1) is 24.7. The maximum Gasteiger partial charge on any atom is 0.243 e. The van der Waals surface area contributed by atoms with Gasteiger partial charge in [0.15, 0.2) is 0 Å². The minimum absolute atomic E-state index is 0.0131. The molecule has 0 unspecified atom stereocenters. The molecule has 2 rings (SSSR count). The highest BCUT2D eigenvalue weighted by atomic mass is 16.5. The molecular formula is C23H35N3O5. The molecule has 1 aromatic carbocycles. The van der Waals surface area contributed by atoms with Gasteiger partial charge < -0.3 is 25.0 Å². The van der Waals surface area contributed by atoms with Crippen molar-refractivity contribution in [2.45, 2.75) is 44.9 Å². The molecule has 0 aromatic heterocycles. The Hall–Kier alpha value is -2.61. The minimum atomic E-state index is -0.350. The maximum absolute atomic E-state index is 12.7. The third-order valence-electron chi connectivity index (χ3n) is 5.52. The molecule has 8 heteroatoms. The summed E-state index contributed by atoms with van der Waals surface area (Å²) < 4.78 is 10.1. The SMILES string of the molecule is COCCCN(CC(=O)NCC(=O)Nc1ccc(OC)cc1)C(=O)CCC1CCCC1. The second-order valence-corrected chi connectivity index (χ2v) is 7.90.